The molecular formula is C16H20F4N2O. The van der Waals surface area contributed by atoms with Crippen LogP contribution in [-0.2, 0) is 11.3 Å². The van der Waals surface area contributed by atoms with Gasteiger partial charge in [0.05, 0.1) is 0 Å². The van der Waals surface area contributed by atoms with Gasteiger partial charge in [-0.2, -0.15) is 13.2 Å². The van der Waals surface area contributed by atoms with Gasteiger partial charge in [0.15, 0.2) is 0 Å². The number of alkyl halides is 3. The van der Waals surface area contributed by atoms with E-state index < -0.39 is 18.5 Å². The molecule has 1 N–H and O–H groups in total. The Morgan fingerprint density at radius 1 is 1.39 bits per heavy atom. The van der Waals surface area contributed by atoms with E-state index >= 15 is 0 Å². The van der Waals surface area contributed by atoms with Gasteiger partial charge in [0.1, 0.15) is 12.2 Å². The third kappa shape index (κ3) is 5.82. The molecule has 0 spiro atoms. The Bertz CT molecular complexity index is 560. The van der Waals surface area contributed by atoms with Crippen LogP contribution in [0.4, 0.5) is 17.6 Å². The monoisotopic (exact) mass is 332 g/mol. The van der Waals surface area contributed by atoms with E-state index in [2.05, 4.69) is 10.2 Å². The van der Waals surface area contributed by atoms with Crippen molar-refractivity contribution in [2.75, 3.05) is 19.6 Å². The summed E-state index contributed by atoms with van der Waals surface area (Å²) in [6, 6.07) is 5.11. The molecule has 1 aromatic rings. The van der Waals surface area contributed by atoms with E-state index in [-0.39, 0.29) is 18.3 Å². The summed E-state index contributed by atoms with van der Waals surface area (Å²) in [7, 11) is 0. The molecule has 2 rings (SSSR count). The molecule has 1 atom stereocenters. The van der Waals surface area contributed by atoms with Crippen molar-refractivity contribution in [3.8, 4) is 0 Å². The number of benzene rings is 1. The third-order valence-corrected chi connectivity index (χ3v) is 3.96. The summed E-state index contributed by atoms with van der Waals surface area (Å²) in [6.45, 7) is 4.02. The fraction of sp³-hybridized carbons (Fsp3) is 0.562. The van der Waals surface area contributed by atoms with E-state index in [1.54, 1.807) is 13.0 Å². The largest absolute Gasteiger partial charge is 0.397 e. The number of carbonyl (C=O) groups is 1. The lowest BCUT2D eigenvalue weighted by atomic mass is 10.1. The van der Waals surface area contributed by atoms with E-state index in [9.17, 15) is 22.4 Å². The molecule has 1 amide bonds. The number of hydrogen-bond donors (Lipinski definition) is 1. The minimum absolute atomic E-state index is 0.127. The van der Waals surface area contributed by atoms with E-state index in [0.717, 1.165) is 18.5 Å². The summed E-state index contributed by atoms with van der Waals surface area (Å²) in [5, 5.41) is 2.34. The van der Waals surface area contributed by atoms with Gasteiger partial charge < -0.3 is 5.32 Å². The van der Waals surface area contributed by atoms with Gasteiger partial charge in [-0.1, -0.05) is 12.1 Å². The lowest BCUT2D eigenvalue weighted by molar-refractivity contribution is -0.153. The molecule has 0 radical (unpaired) electrons. The average Bonchev–Trinajstić information content (AvgIpc) is 2.86. The summed E-state index contributed by atoms with van der Waals surface area (Å²) < 4.78 is 49.7. The highest BCUT2D eigenvalue weighted by atomic mass is 19.4. The minimum Gasteiger partial charge on any atom is -0.355 e. The zero-order valence-electron chi connectivity index (χ0n) is 12.9. The maximum Gasteiger partial charge on any atom is 0.397 e. The van der Waals surface area contributed by atoms with Crippen molar-refractivity contribution in [3.05, 3.63) is 35.1 Å². The van der Waals surface area contributed by atoms with Gasteiger partial charge in [-0.05, 0) is 43.0 Å². The number of hydrogen-bond acceptors (Lipinski definition) is 2. The Morgan fingerprint density at radius 3 is 2.78 bits per heavy atom. The lowest BCUT2D eigenvalue weighted by Gasteiger charge is -2.17. The number of amides is 1. The van der Waals surface area contributed by atoms with Gasteiger partial charge in [0.2, 0.25) is 5.91 Å². The van der Waals surface area contributed by atoms with Crippen molar-refractivity contribution in [2.45, 2.75) is 32.5 Å². The van der Waals surface area contributed by atoms with E-state index in [1.165, 1.54) is 6.07 Å². The van der Waals surface area contributed by atoms with Crippen LogP contribution < -0.4 is 5.32 Å². The van der Waals surface area contributed by atoms with Gasteiger partial charge in [-0.15, -0.1) is 0 Å². The topological polar surface area (TPSA) is 32.3 Å². The van der Waals surface area contributed by atoms with Crippen LogP contribution in [0.2, 0.25) is 0 Å². The molecule has 128 valence electrons. The van der Waals surface area contributed by atoms with Crippen molar-refractivity contribution in [1.29, 1.82) is 0 Å². The molecule has 0 saturated carbocycles. The molecule has 0 aliphatic carbocycles. The van der Waals surface area contributed by atoms with Crippen LogP contribution >= 0.6 is 0 Å². The number of nitrogens with one attached hydrogen (secondary N) is 1. The number of carbonyl (C=O) groups excluding carboxylic acids is 1. The van der Waals surface area contributed by atoms with Gasteiger partial charge >= 0.3 is 6.18 Å². The van der Waals surface area contributed by atoms with Crippen LogP contribution in [-0.4, -0.2) is 36.6 Å². The zero-order chi connectivity index (χ0) is 17.0. The highest BCUT2D eigenvalue weighted by Crippen LogP contribution is 2.21. The Kier molecular flexibility index (Phi) is 5.62. The standard InChI is InChI=1S/C16H20F4N2O/c1-11-2-3-12(6-14(11)17)9-22-5-4-13(10-22)8-21-15(23)7-16(18,19)20/h2-3,6,13H,4-5,7-10H2,1H3,(H,21,23)/t13-/m0/s1. The van der Waals surface area contributed by atoms with Crippen LogP contribution in [0.25, 0.3) is 0 Å². The van der Waals surface area contributed by atoms with Crippen LogP contribution in [0.5, 0.6) is 0 Å². The maximum atomic E-state index is 13.5. The predicted octanol–water partition coefficient (Wildman–Crippen LogP) is 3.02. The minimum atomic E-state index is -4.47. The Balaban J connectivity index is 1.75. The molecule has 1 saturated heterocycles. The molecular weight excluding hydrogens is 312 g/mol. The zero-order valence-corrected chi connectivity index (χ0v) is 12.9. The highest BCUT2D eigenvalue weighted by molar-refractivity contribution is 5.76. The predicted molar refractivity (Wildman–Crippen MR) is 78.2 cm³/mol. The molecule has 0 unspecified atom stereocenters. The van der Waals surface area contributed by atoms with E-state index in [1.807, 2.05) is 6.07 Å². The second kappa shape index (κ2) is 7.29. The lowest BCUT2D eigenvalue weighted by Crippen LogP contribution is -2.33. The van der Waals surface area contributed by atoms with Crippen LogP contribution in [0, 0.1) is 18.7 Å². The molecule has 23 heavy (non-hydrogen) atoms. The Hall–Kier alpha value is -1.63. The molecule has 1 aromatic carbocycles. The van der Waals surface area contributed by atoms with Crippen molar-refractivity contribution in [3.63, 3.8) is 0 Å². The molecule has 1 aliphatic heterocycles. The SMILES string of the molecule is Cc1ccc(CN2CC[C@@H](CNC(=O)CC(F)(F)F)C2)cc1F. The van der Waals surface area contributed by atoms with Crippen LogP contribution in [0.1, 0.15) is 24.0 Å². The third-order valence-electron chi connectivity index (χ3n) is 3.96. The van der Waals surface area contributed by atoms with E-state index in [0.29, 0.717) is 18.7 Å². The quantitative estimate of drug-likeness (QED) is 0.841. The molecule has 0 aromatic heterocycles. The first-order valence-corrected chi connectivity index (χ1v) is 7.54. The summed E-state index contributed by atoms with van der Waals surface area (Å²) in [6.07, 6.45) is -5.10. The summed E-state index contributed by atoms with van der Waals surface area (Å²) in [5.41, 5.74) is 1.47. The maximum absolute atomic E-state index is 13.5. The molecule has 0 bridgehead atoms. The molecule has 1 heterocycles. The fourth-order valence-corrected chi connectivity index (χ4v) is 2.72. The van der Waals surface area contributed by atoms with Gasteiger partial charge in [0, 0.05) is 19.6 Å². The first-order valence-electron chi connectivity index (χ1n) is 7.54. The van der Waals surface area contributed by atoms with Gasteiger partial charge in [-0.3, -0.25) is 9.69 Å². The fourth-order valence-electron chi connectivity index (χ4n) is 2.72. The van der Waals surface area contributed by atoms with Crippen LogP contribution in [0.15, 0.2) is 18.2 Å². The average molecular weight is 332 g/mol. The summed E-state index contributed by atoms with van der Waals surface area (Å²) in [4.78, 5) is 13.3. The number of likely N-dealkylation sites (tertiary alicyclic amines) is 1. The van der Waals surface area contributed by atoms with Crippen molar-refractivity contribution < 1.29 is 22.4 Å². The molecule has 7 heteroatoms. The number of nitrogens with zero attached hydrogens (tertiary/aromatic N) is 1. The molecule has 1 fully saturated rings. The Labute approximate surface area is 132 Å². The van der Waals surface area contributed by atoms with Crippen molar-refractivity contribution >= 4 is 5.91 Å². The van der Waals surface area contributed by atoms with Gasteiger partial charge in [0.25, 0.3) is 0 Å². The first-order chi connectivity index (χ1) is 10.7. The summed E-state index contributed by atoms with van der Waals surface area (Å²) >= 11 is 0. The second-order valence-electron chi connectivity index (χ2n) is 6.07. The van der Waals surface area contributed by atoms with Crippen molar-refractivity contribution in [2.24, 2.45) is 5.92 Å². The van der Waals surface area contributed by atoms with Gasteiger partial charge in [-0.25, -0.2) is 4.39 Å². The molecule has 1 aliphatic rings. The normalized spacial score (nSPS) is 19.1. The second-order valence-corrected chi connectivity index (χ2v) is 6.07. The number of aryl methyl sites for hydroxylation is 1. The summed E-state index contributed by atoms with van der Waals surface area (Å²) in [5.74, 6) is -1.10. The smallest absolute Gasteiger partial charge is 0.355 e. The molecule has 3 nitrogen and oxygen atoms in total. The number of rotatable bonds is 5. The Morgan fingerprint density at radius 2 is 2.13 bits per heavy atom. The van der Waals surface area contributed by atoms with Crippen molar-refractivity contribution in [1.82, 2.24) is 10.2 Å². The first kappa shape index (κ1) is 17.7. The number of halogens is 4. The van der Waals surface area contributed by atoms with Crippen LogP contribution in [0.3, 0.4) is 0 Å². The highest BCUT2D eigenvalue weighted by Gasteiger charge is 2.31. The van der Waals surface area contributed by atoms with E-state index in [4.69, 9.17) is 0 Å².